The monoisotopic (exact) mass is 474 g/mol. The molecule has 1 N–H and O–H groups in total. The lowest BCUT2D eigenvalue weighted by molar-refractivity contribution is -0.147. The SMILES string of the molecule is CCOc1ccc(OCCNC(=O)COC(=O)Cc2csc(-c3cccc(Cl)c3)n2)cc1. The number of carbonyl (C=O) groups is 2. The number of nitrogens with one attached hydrogen (secondary N) is 1. The summed E-state index contributed by atoms with van der Waals surface area (Å²) in [5, 5.41) is 5.81. The number of nitrogens with zero attached hydrogens (tertiary/aromatic N) is 1. The van der Waals surface area contributed by atoms with Crippen LogP contribution in [0.2, 0.25) is 5.02 Å². The number of rotatable bonds is 11. The average molecular weight is 475 g/mol. The van der Waals surface area contributed by atoms with Crippen LogP contribution in [-0.4, -0.2) is 43.2 Å². The number of esters is 1. The molecule has 0 radical (unpaired) electrons. The second-order valence-corrected chi connectivity index (χ2v) is 7.89. The molecule has 0 unspecified atom stereocenters. The summed E-state index contributed by atoms with van der Waals surface area (Å²) in [6, 6.07) is 14.6. The van der Waals surface area contributed by atoms with Crippen molar-refractivity contribution in [2.24, 2.45) is 0 Å². The molecule has 0 aliphatic rings. The molecule has 0 aliphatic heterocycles. The molecule has 1 amide bonds. The Morgan fingerprint density at radius 1 is 1.09 bits per heavy atom. The Balaban J connectivity index is 1.33. The fourth-order valence-corrected chi connectivity index (χ4v) is 3.70. The average Bonchev–Trinajstić information content (AvgIpc) is 3.25. The fraction of sp³-hybridized carbons (Fsp3) is 0.261. The van der Waals surface area contributed by atoms with Crippen LogP contribution in [0.25, 0.3) is 10.6 Å². The van der Waals surface area contributed by atoms with Gasteiger partial charge >= 0.3 is 5.97 Å². The summed E-state index contributed by atoms with van der Waals surface area (Å²) < 4.78 is 15.9. The van der Waals surface area contributed by atoms with E-state index in [1.54, 1.807) is 23.6 Å². The number of carbonyl (C=O) groups excluding carboxylic acids is 2. The standard InChI is InChI=1S/C23H23ClN2O5S/c1-2-29-19-6-8-20(9-7-19)30-11-10-25-21(27)14-31-22(28)13-18-15-32-23(26-18)16-4-3-5-17(24)12-16/h3-9,12,15H,2,10-11,13-14H2,1H3,(H,25,27). The van der Waals surface area contributed by atoms with Crippen LogP contribution >= 0.6 is 22.9 Å². The molecule has 3 aromatic rings. The van der Waals surface area contributed by atoms with Crippen molar-refractivity contribution >= 4 is 34.8 Å². The molecule has 9 heteroatoms. The fourth-order valence-electron chi connectivity index (χ4n) is 2.70. The number of thiazole rings is 1. The first-order chi connectivity index (χ1) is 15.5. The molecule has 1 aromatic heterocycles. The van der Waals surface area contributed by atoms with Crippen LogP contribution in [0, 0.1) is 0 Å². The number of hydrogen-bond acceptors (Lipinski definition) is 7. The Hall–Kier alpha value is -3.10. The molecule has 0 atom stereocenters. The van der Waals surface area contributed by atoms with Crippen LogP contribution < -0.4 is 14.8 Å². The van der Waals surface area contributed by atoms with Crippen molar-refractivity contribution in [2.75, 3.05) is 26.4 Å². The lowest BCUT2D eigenvalue weighted by Gasteiger charge is -2.09. The van der Waals surface area contributed by atoms with E-state index in [1.165, 1.54) is 11.3 Å². The van der Waals surface area contributed by atoms with Gasteiger partial charge < -0.3 is 19.5 Å². The van der Waals surface area contributed by atoms with Crippen molar-refractivity contribution in [1.82, 2.24) is 10.3 Å². The molecular formula is C23H23ClN2O5S. The lowest BCUT2D eigenvalue weighted by Crippen LogP contribution is -2.32. The molecule has 0 bridgehead atoms. The molecule has 0 saturated carbocycles. The number of halogens is 1. The molecule has 0 saturated heterocycles. The first kappa shape index (κ1) is 23.6. The molecule has 0 spiro atoms. The lowest BCUT2D eigenvalue weighted by atomic mass is 10.2. The van der Waals surface area contributed by atoms with Crippen molar-refractivity contribution in [3.63, 3.8) is 0 Å². The summed E-state index contributed by atoms with van der Waals surface area (Å²) in [5.74, 6) is 0.531. The Morgan fingerprint density at radius 2 is 1.84 bits per heavy atom. The summed E-state index contributed by atoms with van der Waals surface area (Å²) in [7, 11) is 0. The number of ether oxygens (including phenoxy) is 3. The summed E-state index contributed by atoms with van der Waals surface area (Å²) in [6.45, 7) is 2.75. The molecule has 7 nitrogen and oxygen atoms in total. The van der Waals surface area contributed by atoms with E-state index in [-0.39, 0.29) is 13.0 Å². The molecule has 1 heterocycles. The molecule has 2 aromatic carbocycles. The van der Waals surface area contributed by atoms with Crippen molar-refractivity contribution in [1.29, 1.82) is 0 Å². The van der Waals surface area contributed by atoms with E-state index in [0.29, 0.717) is 36.2 Å². The van der Waals surface area contributed by atoms with Crippen molar-refractivity contribution < 1.29 is 23.8 Å². The summed E-state index contributed by atoms with van der Waals surface area (Å²) in [6.07, 6.45) is -0.00873. The van der Waals surface area contributed by atoms with Gasteiger partial charge in [0.2, 0.25) is 0 Å². The van der Waals surface area contributed by atoms with Gasteiger partial charge in [-0.15, -0.1) is 11.3 Å². The van der Waals surface area contributed by atoms with Gasteiger partial charge in [0.25, 0.3) is 5.91 Å². The Labute approximate surface area is 195 Å². The zero-order valence-corrected chi connectivity index (χ0v) is 19.1. The van der Waals surface area contributed by atoms with Crippen LogP contribution in [0.5, 0.6) is 11.5 Å². The van der Waals surface area contributed by atoms with Gasteiger partial charge in [0.15, 0.2) is 6.61 Å². The number of hydrogen-bond donors (Lipinski definition) is 1. The van der Waals surface area contributed by atoms with E-state index in [1.807, 2.05) is 37.3 Å². The van der Waals surface area contributed by atoms with E-state index in [9.17, 15) is 9.59 Å². The summed E-state index contributed by atoms with van der Waals surface area (Å²) in [4.78, 5) is 28.3. The van der Waals surface area contributed by atoms with Crippen LogP contribution in [0.15, 0.2) is 53.9 Å². The van der Waals surface area contributed by atoms with E-state index in [0.717, 1.165) is 16.3 Å². The van der Waals surface area contributed by atoms with Crippen LogP contribution in [0.1, 0.15) is 12.6 Å². The third-order valence-electron chi connectivity index (χ3n) is 4.14. The third-order valence-corrected chi connectivity index (χ3v) is 5.32. The maximum atomic E-state index is 12.0. The number of benzene rings is 2. The minimum Gasteiger partial charge on any atom is -0.494 e. The van der Waals surface area contributed by atoms with E-state index in [2.05, 4.69) is 10.3 Å². The smallest absolute Gasteiger partial charge is 0.312 e. The maximum absolute atomic E-state index is 12.0. The van der Waals surface area contributed by atoms with Gasteiger partial charge in [0.05, 0.1) is 25.3 Å². The second-order valence-electron chi connectivity index (χ2n) is 6.59. The minimum atomic E-state index is -0.520. The molecular weight excluding hydrogens is 452 g/mol. The molecule has 32 heavy (non-hydrogen) atoms. The van der Waals surface area contributed by atoms with Crippen molar-refractivity contribution in [3.8, 4) is 22.1 Å². The second kappa shape index (κ2) is 12.1. The zero-order valence-electron chi connectivity index (χ0n) is 17.5. The first-order valence-corrected chi connectivity index (χ1v) is 11.3. The highest BCUT2D eigenvalue weighted by atomic mass is 35.5. The highest BCUT2D eigenvalue weighted by molar-refractivity contribution is 7.13. The Kier molecular flexibility index (Phi) is 8.89. The van der Waals surface area contributed by atoms with Crippen LogP contribution in [0.4, 0.5) is 0 Å². The van der Waals surface area contributed by atoms with Crippen molar-refractivity contribution in [2.45, 2.75) is 13.3 Å². The quantitative estimate of drug-likeness (QED) is 0.332. The predicted molar refractivity (Wildman–Crippen MR) is 123 cm³/mol. The molecule has 3 rings (SSSR count). The van der Waals surface area contributed by atoms with Gasteiger partial charge in [-0.2, -0.15) is 0 Å². The van der Waals surface area contributed by atoms with Gasteiger partial charge in [-0.05, 0) is 43.3 Å². The molecule has 0 aliphatic carbocycles. The van der Waals surface area contributed by atoms with Gasteiger partial charge in [0, 0.05) is 16.0 Å². The highest BCUT2D eigenvalue weighted by Gasteiger charge is 2.12. The molecule has 168 valence electrons. The number of aromatic nitrogens is 1. The van der Waals surface area contributed by atoms with Crippen LogP contribution in [-0.2, 0) is 20.7 Å². The summed E-state index contributed by atoms with van der Waals surface area (Å²) >= 11 is 7.42. The Morgan fingerprint density at radius 3 is 2.56 bits per heavy atom. The van der Waals surface area contributed by atoms with Gasteiger partial charge in [-0.25, -0.2) is 4.98 Å². The number of amides is 1. The normalized spacial score (nSPS) is 10.4. The van der Waals surface area contributed by atoms with Crippen molar-refractivity contribution in [3.05, 3.63) is 64.6 Å². The third kappa shape index (κ3) is 7.55. The summed E-state index contributed by atoms with van der Waals surface area (Å²) in [5.41, 5.74) is 1.47. The first-order valence-electron chi connectivity index (χ1n) is 10.0. The van der Waals surface area contributed by atoms with Gasteiger partial charge in [-0.1, -0.05) is 23.7 Å². The van der Waals surface area contributed by atoms with E-state index < -0.39 is 11.9 Å². The zero-order chi connectivity index (χ0) is 22.8. The van der Waals surface area contributed by atoms with Gasteiger partial charge in [0.1, 0.15) is 23.1 Å². The van der Waals surface area contributed by atoms with Gasteiger partial charge in [-0.3, -0.25) is 9.59 Å². The van der Waals surface area contributed by atoms with E-state index in [4.69, 9.17) is 25.8 Å². The van der Waals surface area contributed by atoms with E-state index >= 15 is 0 Å². The minimum absolute atomic E-state index is 0.00873. The predicted octanol–water partition coefficient (Wildman–Crippen LogP) is 4.14. The Bertz CT molecular complexity index is 1040. The molecule has 0 fully saturated rings. The van der Waals surface area contributed by atoms with Crippen LogP contribution in [0.3, 0.4) is 0 Å². The highest BCUT2D eigenvalue weighted by Crippen LogP contribution is 2.26. The topological polar surface area (TPSA) is 86.8 Å². The largest absolute Gasteiger partial charge is 0.494 e. The maximum Gasteiger partial charge on any atom is 0.312 e.